The van der Waals surface area contributed by atoms with Gasteiger partial charge in [-0.3, -0.25) is 0 Å². The van der Waals surface area contributed by atoms with E-state index < -0.39 is 30.1 Å². The van der Waals surface area contributed by atoms with Crippen LogP contribution in [0.3, 0.4) is 0 Å². The Morgan fingerprint density at radius 1 is 1.10 bits per heavy atom. The maximum absolute atomic E-state index is 11.8. The second-order valence-corrected chi connectivity index (χ2v) is 3.65. The van der Waals surface area contributed by atoms with E-state index in [0.29, 0.717) is 0 Å². The third-order valence-corrected chi connectivity index (χ3v) is 2.34. The van der Waals surface area contributed by atoms with E-state index in [-0.39, 0.29) is 11.3 Å². The number of hydrogen-bond donors (Lipinski definition) is 3. The van der Waals surface area contributed by atoms with Crippen molar-refractivity contribution in [3.8, 4) is 5.75 Å². The number of hydrogen-bond acceptors (Lipinski definition) is 6. The van der Waals surface area contributed by atoms with Crippen molar-refractivity contribution in [2.24, 2.45) is 0 Å². The van der Waals surface area contributed by atoms with Crippen molar-refractivity contribution >= 4 is 17.9 Å². The van der Waals surface area contributed by atoms with Crippen molar-refractivity contribution in [3.63, 3.8) is 0 Å². The molecule has 0 spiro atoms. The zero-order chi connectivity index (χ0) is 15.3. The van der Waals surface area contributed by atoms with Crippen LogP contribution in [0.2, 0.25) is 0 Å². The summed E-state index contributed by atoms with van der Waals surface area (Å²) in [7, 11) is 1.30. The van der Waals surface area contributed by atoms with Gasteiger partial charge in [0.05, 0.1) is 7.11 Å². The lowest BCUT2D eigenvalue weighted by atomic mass is 10.2. The van der Waals surface area contributed by atoms with Crippen LogP contribution >= 0.6 is 0 Å². The number of methoxy groups -OCH3 is 1. The van der Waals surface area contributed by atoms with Gasteiger partial charge in [0.1, 0.15) is 11.3 Å². The molecule has 0 aliphatic heterocycles. The van der Waals surface area contributed by atoms with Gasteiger partial charge >= 0.3 is 17.9 Å². The summed E-state index contributed by atoms with van der Waals surface area (Å²) in [6.07, 6.45) is -4.59. The van der Waals surface area contributed by atoms with Crippen LogP contribution in [-0.4, -0.2) is 52.5 Å². The average Bonchev–Trinajstić information content (AvgIpc) is 2.43. The first-order chi connectivity index (χ1) is 9.38. The Bertz CT molecular complexity index is 524. The van der Waals surface area contributed by atoms with Crippen molar-refractivity contribution in [2.75, 3.05) is 7.11 Å². The van der Waals surface area contributed by atoms with Crippen LogP contribution in [0.25, 0.3) is 0 Å². The fourth-order valence-corrected chi connectivity index (χ4v) is 1.37. The van der Waals surface area contributed by atoms with Crippen molar-refractivity contribution in [1.82, 2.24) is 0 Å². The van der Waals surface area contributed by atoms with E-state index >= 15 is 0 Å². The maximum Gasteiger partial charge on any atom is 0.348 e. The van der Waals surface area contributed by atoms with Gasteiger partial charge in [0.2, 0.25) is 6.10 Å². The number of esters is 1. The lowest BCUT2D eigenvalue weighted by Crippen LogP contribution is -2.43. The standard InChI is InChI=1S/C12H12O8/c1-19-7-5-3-2-4-6(7)12(18)20-9(11(16)17)8(13)10(14)15/h2-5,8-9,13H,1H3,(H,14,15)(H,16,17). The Hall–Kier alpha value is -2.61. The van der Waals surface area contributed by atoms with E-state index in [2.05, 4.69) is 4.74 Å². The Balaban J connectivity index is 2.97. The van der Waals surface area contributed by atoms with Crippen LogP contribution in [-0.2, 0) is 14.3 Å². The fourth-order valence-electron chi connectivity index (χ4n) is 1.37. The molecule has 108 valence electrons. The topological polar surface area (TPSA) is 130 Å². The SMILES string of the molecule is COc1ccccc1C(=O)OC(C(=O)O)C(O)C(=O)O. The maximum atomic E-state index is 11.8. The van der Waals surface area contributed by atoms with E-state index in [1.807, 2.05) is 0 Å². The number of benzene rings is 1. The van der Waals surface area contributed by atoms with E-state index in [1.165, 1.54) is 25.3 Å². The van der Waals surface area contributed by atoms with Gasteiger partial charge in [-0.2, -0.15) is 0 Å². The summed E-state index contributed by atoms with van der Waals surface area (Å²) in [6.45, 7) is 0. The van der Waals surface area contributed by atoms with Crippen molar-refractivity contribution in [3.05, 3.63) is 29.8 Å². The molecule has 1 aromatic rings. The van der Waals surface area contributed by atoms with Crippen LogP contribution < -0.4 is 4.74 Å². The summed E-state index contributed by atoms with van der Waals surface area (Å²) in [5, 5.41) is 26.5. The number of para-hydroxylation sites is 1. The largest absolute Gasteiger partial charge is 0.496 e. The Kier molecular flexibility index (Phi) is 5.04. The minimum atomic E-state index is -2.37. The Labute approximate surface area is 113 Å². The van der Waals surface area contributed by atoms with Gasteiger partial charge in [-0.05, 0) is 12.1 Å². The number of aliphatic carboxylic acids is 2. The molecule has 1 aromatic carbocycles. The number of aliphatic hydroxyl groups is 1. The van der Waals surface area contributed by atoms with Crippen LogP contribution in [0.5, 0.6) is 5.75 Å². The molecule has 0 amide bonds. The quantitative estimate of drug-likeness (QED) is 0.609. The summed E-state index contributed by atoms with van der Waals surface area (Å²) < 4.78 is 9.40. The van der Waals surface area contributed by atoms with Gasteiger partial charge in [-0.1, -0.05) is 12.1 Å². The number of ether oxygens (including phenoxy) is 2. The molecule has 0 heterocycles. The van der Waals surface area contributed by atoms with Gasteiger partial charge in [-0.25, -0.2) is 14.4 Å². The molecule has 0 aliphatic carbocycles. The molecule has 0 saturated carbocycles. The van der Waals surface area contributed by atoms with Crippen molar-refractivity contribution in [2.45, 2.75) is 12.2 Å². The molecule has 0 bridgehead atoms. The smallest absolute Gasteiger partial charge is 0.348 e. The molecule has 2 atom stereocenters. The number of carboxylic acids is 2. The first kappa shape index (κ1) is 15.4. The number of rotatable bonds is 6. The lowest BCUT2D eigenvalue weighted by molar-refractivity contribution is -0.166. The highest BCUT2D eigenvalue weighted by atomic mass is 16.6. The highest BCUT2D eigenvalue weighted by Gasteiger charge is 2.36. The van der Waals surface area contributed by atoms with Crippen LogP contribution in [0, 0.1) is 0 Å². The third kappa shape index (κ3) is 3.45. The molecule has 0 fully saturated rings. The van der Waals surface area contributed by atoms with Gasteiger partial charge in [0, 0.05) is 0 Å². The third-order valence-electron chi connectivity index (χ3n) is 2.34. The van der Waals surface area contributed by atoms with Crippen LogP contribution in [0.1, 0.15) is 10.4 Å². The monoisotopic (exact) mass is 284 g/mol. The van der Waals surface area contributed by atoms with E-state index in [4.69, 9.17) is 14.9 Å². The molecule has 8 heteroatoms. The number of carboxylic acid groups (broad SMARTS) is 2. The predicted octanol–water partition coefficient (Wildman–Crippen LogP) is -0.249. The van der Waals surface area contributed by atoms with E-state index in [0.717, 1.165) is 0 Å². The van der Waals surface area contributed by atoms with Crippen LogP contribution in [0.4, 0.5) is 0 Å². The Morgan fingerprint density at radius 3 is 2.20 bits per heavy atom. The summed E-state index contributed by atoms with van der Waals surface area (Å²) >= 11 is 0. The zero-order valence-electron chi connectivity index (χ0n) is 10.3. The molecular formula is C12H12O8. The summed E-state index contributed by atoms with van der Waals surface area (Å²) in [5.41, 5.74) is -0.0844. The molecule has 0 saturated heterocycles. The minimum Gasteiger partial charge on any atom is -0.496 e. The average molecular weight is 284 g/mol. The van der Waals surface area contributed by atoms with Gasteiger partial charge < -0.3 is 24.8 Å². The molecule has 20 heavy (non-hydrogen) atoms. The Morgan fingerprint density at radius 2 is 1.70 bits per heavy atom. The van der Waals surface area contributed by atoms with Gasteiger partial charge in [0.15, 0.2) is 6.10 Å². The van der Waals surface area contributed by atoms with Crippen LogP contribution in [0.15, 0.2) is 24.3 Å². The highest BCUT2D eigenvalue weighted by molar-refractivity contribution is 5.95. The van der Waals surface area contributed by atoms with Gasteiger partial charge in [0.25, 0.3) is 0 Å². The highest BCUT2D eigenvalue weighted by Crippen LogP contribution is 2.19. The molecule has 8 nitrogen and oxygen atoms in total. The number of aliphatic hydroxyl groups excluding tert-OH is 1. The molecule has 0 radical (unpaired) electrons. The molecule has 0 aromatic heterocycles. The molecule has 2 unspecified atom stereocenters. The molecule has 0 aliphatic rings. The lowest BCUT2D eigenvalue weighted by Gasteiger charge is -2.17. The summed E-state index contributed by atoms with van der Waals surface area (Å²) in [5.74, 6) is -4.57. The van der Waals surface area contributed by atoms with Crippen molar-refractivity contribution < 1.29 is 39.2 Å². The molecular weight excluding hydrogens is 272 g/mol. The first-order valence-electron chi connectivity index (χ1n) is 5.36. The first-order valence-corrected chi connectivity index (χ1v) is 5.36. The minimum absolute atomic E-state index is 0.0844. The van der Waals surface area contributed by atoms with Gasteiger partial charge in [-0.15, -0.1) is 0 Å². The summed E-state index contributed by atoms with van der Waals surface area (Å²) in [4.78, 5) is 33.2. The predicted molar refractivity (Wildman–Crippen MR) is 63.5 cm³/mol. The molecule has 3 N–H and O–H groups in total. The second-order valence-electron chi connectivity index (χ2n) is 3.65. The van der Waals surface area contributed by atoms with Crippen molar-refractivity contribution in [1.29, 1.82) is 0 Å². The molecule has 1 rings (SSSR count). The van der Waals surface area contributed by atoms with E-state index in [9.17, 15) is 19.5 Å². The fraction of sp³-hybridized carbons (Fsp3) is 0.250. The number of carbonyl (C=O) groups excluding carboxylic acids is 1. The zero-order valence-corrected chi connectivity index (χ0v) is 10.3. The normalized spacial score (nSPS) is 13.1. The summed E-state index contributed by atoms with van der Waals surface area (Å²) in [6, 6.07) is 5.83. The van der Waals surface area contributed by atoms with E-state index in [1.54, 1.807) is 6.07 Å². The number of carbonyl (C=O) groups is 3. The second kappa shape index (κ2) is 6.53.